The van der Waals surface area contributed by atoms with E-state index in [9.17, 15) is 19.5 Å². The number of carbonyl (C=O) groups excluding carboxylic acids is 3. The molecule has 1 saturated carbocycles. The average Bonchev–Trinajstić information content (AvgIpc) is 3.34. The lowest BCUT2D eigenvalue weighted by Crippen LogP contribution is -2.42. The SMILES string of the molecule is COC(=O)c1c(NC(=O)[C@@H]2[C@@H](C(=O)[O-])[C@H]3C=C[C@H]2C3)sc2c1CCCCCC2. The van der Waals surface area contributed by atoms with E-state index in [4.69, 9.17) is 4.74 Å². The summed E-state index contributed by atoms with van der Waals surface area (Å²) in [7, 11) is 1.34. The molecule has 3 aliphatic rings. The Hall–Kier alpha value is -2.15. The third kappa shape index (κ3) is 3.26. The number of ether oxygens (including phenoxy) is 1. The molecule has 0 aliphatic heterocycles. The summed E-state index contributed by atoms with van der Waals surface area (Å²) in [4.78, 5) is 38.3. The summed E-state index contributed by atoms with van der Waals surface area (Å²) >= 11 is 1.43. The van der Waals surface area contributed by atoms with Gasteiger partial charge in [-0.1, -0.05) is 25.0 Å². The molecule has 1 amide bonds. The summed E-state index contributed by atoms with van der Waals surface area (Å²) in [5.74, 6) is -3.66. The number of nitrogens with one attached hydrogen (secondary N) is 1. The second kappa shape index (κ2) is 7.70. The molecule has 1 heterocycles. The summed E-state index contributed by atoms with van der Waals surface area (Å²) in [6, 6.07) is 0. The number of carboxylic acid groups (broad SMARTS) is 1. The first-order valence-electron chi connectivity index (χ1n) is 9.94. The van der Waals surface area contributed by atoms with Gasteiger partial charge in [0, 0.05) is 16.8 Å². The first kappa shape index (κ1) is 19.2. The number of carboxylic acids is 1. The normalized spacial score (nSPS) is 28.3. The van der Waals surface area contributed by atoms with Crippen LogP contribution in [-0.2, 0) is 27.2 Å². The number of hydrogen-bond donors (Lipinski definition) is 1. The molecule has 3 aliphatic carbocycles. The lowest BCUT2D eigenvalue weighted by Gasteiger charge is -2.27. The number of aryl methyl sites for hydroxylation is 1. The number of carbonyl (C=O) groups is 3. The topological polar surface area (TPSA) is 95.5 Å². The first-order valence-corrected chi connectivity index (χ1v) is 10.8. The Bertz CT molecular complexity index is 842. The second-order valence-electron chi connectivity index (χ2n) is 7.92. The summed E-state index contributed by atoms with van der Waals surface area (Å²) in [5.41, 5.74) is 1.43. The Morgan fingerprint density at radius 1 is 1.07 bits per heavy atom. The van der Waals surface area contributed by atoms with Crippen LogP contribution in [0.5, 0.6) is 0 Å². The molecular formula is C21H24NO5S-. The molecule has 0 saturated heterocycles. The molecule has 6 nitrogen and oxygen atoms in total. The number of fused-ring (bicyclic) bond motifs is 3. The van der Waals surface area contributed by atoms with Gasteiger partial charge in [-0.15, -0.1) is 11.3 Å². The average molecular weight is 402 g/mol. The van der Waals surface area contributed by atoms with Crippen LogP contribution >= 0.6 is 11.3 Å². The van der Waals surface area contributed by atoms with Crippen molar-refractivity contribution >= 4 is 34.2 Å². The summed E-state index contributed by atoms with van der Waals surface area (Å²) in [5, 5.41) is 15.0. The smallest absolute Gasteiger partial charge is 0.341 e. The van der Waals surface area contributed by atoms with E-state index in [0.29, 0.717) is 17.0 Å². The van der Waals surface area contributed by atoms with Gasteiger partial charge in [0.2, 0.25) is 5.91 Å². The number of anilines is 1. The fourth-order valence-corrected chi connectivity index (χ4v) is 6.30. The first-order chi connectivity index (χ1) is 13.5. The van der Waals surface area contributed by atoms with Gasteiger partial charge in [-0.3, -0.25) is 4.79 Å². The lowest BCUT2D eigenvalue weighted by atomic mass is 9.82. The van der Waals surface area contributed by atoms with Crippen LogP contribution in [0.25, 0.3) is 0 Å². The molecule has 1 aromatic heterocycles. The summed E-state index contributed by atoms with van der Waals surface area (Å²) in [6.45, 7) is 0. The predicted octanol–water partition coefficient (Wildman–Crippen LogP) is 2.32. The minimum atomic E-state index is -1.18. The Kier molecular flexibility index (Phi) is 5.27. The molecule has 28 heavy (non-hydrogen) atoms. The van der Waals surface area contributed by atoms with E-state index in [-0.39, 0.29) is 17.7 Å². The van der Waals surface area contributed by atoms with Crippen LogP contribution in [-0.4, -0.2) is 25.0 Å². The molecule has 2 bridgehead atoms. The van der Waals surface area contributed by atoms with Crippen molar-refractivity contribution in [3.05, 3.63) is 28.2 Å². The van der Waals surface area contributed by atoms with E-state index < -0.39 is 23.8 Å². The molecular weight excluding hydrogens is 378 g/mol. The van der Waals surface area contributed by atoms with Crippen LogP contribution in [0, 0.1) is 23.7 Å². The number of methoxy groups -OCH3 is 1. The van der Waals surface area contributed by atoms with Crippen LogP contribution < -0.4 is 10.4 Å². The maximum absolute atomic E-state index is 13.0. The van der Waals surface area contributed by atoms with Crippen LogP contribution in [0.15, 0.2) is 12.2 Å². The van der Waals surface area contributed by atoms with E-state index in [2.05, 4.69) is 5.32 Å². The summed E-state index contributed by atoms with van der Waals surface area (Å²) < 4.78 is 4.99. The van der Waals surface area contributed by atoms with Crippen molar-refractivity contribution in [1.82, 2.24) is 0 Å². The highest BCUT2D eigenvalue weighted by Crippen LogP contribution is 2.48. The van der Waals surface area contributed by atoms with Crippen molar-refractivity contribution < 1.29 is 24.2 Å². The van der Waals surface area contributed by atoms with E-state index >= 15 is 0 Å². The van der Waals surface area contributed by atoms with E-state index in [0.717, 1.165) is 49.0 Å². The maximum Gasteiger partial charge on any atom is 0.341 e. The van der Waals surface area contributed by atoms with E-state index in [1.807, 2.05) is 12.2 Å². The van der Waals surface area contributed by atoms with Crippen LogP contribution in [0.3, 0.4) is 0 Å². The van der Waals surface area contributed by atoms with Gasteiger partial charge >= 0.3 is 5.97 Å². The van der Waals surface area contributed by atoms with Crippen LogP contribution in [0.1, 0.15) is 52.9 Å². The molecule has 7 heteroatoms. The van der Waals surface area contributed by atoms with Crippen molar-refractivity contribution in [2.75, 3.05) is 12.4 Å². The standard InChI is InChI=1S/C21H25NO5S/c1-27-21(26)17-13-6-4-2-3-5-7-14(13)28-19(17)22-18(23)15-11-8-9-12(10-11)16(15)20(24)25/h8-9,11-12,15-16H,2-7,10H2,1H3,(H,22,23)(H,24,25)/p-1/t11-,12-,15-,16-/m0/s1. The number of hydrogen-bond acceptors (Lipinski definition) is 6. The second-order valence-corrected chi connectivity index (χ2v) is 9.03. The minimum Gasteiger partial charge on any atom is -0.550 e. The molecule has 150 valence electrons. The third-order valence-corrected chi connectivity index (χ3v) is 7.54. The predicted molar refractivity (Wildman–Crippen MR) is 103 cm³/mol. The van der Waals surface area contributed by atoms with Gasteiger partial charge in [-0.25, -0.2) is 4.79 Å². The molecule has 1 fully saturated rings. The van der Waals surface area contributed by atoms with Gasteiger partial charge in [-0.05, 0) is 49.5 Å². The number of rotatable bonds is 4. The largest absolute Gasteiger partial charge is 0.550 e. The van der Waals surface area contributed by atoms with Crippen LogP contribution in [0.2, 0.25) is 0 Å². The number of amides is 1. The number of aliphatic carboxylic acids is 1. The van der Waals surface area contributed by atoms with Gasteiger partial charge < -0.3 is 20.0 Å². The Morgan fingerprint density at radius 2 is 1.75 bits per heavy atom. The third-order valence-electron chi connectivity index (χ3n) is 6.33. The molecule has 0 unspecified atom stereocenters. The Labute approximate surface area is 168 Å². The minimum absolute atomic E-state index is 0.0875. The van der Waals surface area contributed by atoms with Gasteiger partial charge in [0.25, 0.3) is 0 Å². The quantitative estimate of drug-likeness (QED) is 0.616. The van der Waals surface area contributed by atoms with E-state index in [1.54, 1.807) is 0 Å². The van der Waals surface area contributed by atoms with E-state index in [1.165, 1.54) is 18.4 Å². The molecule has 4 rings (SSSR count). The Balaban J connectivity index is 1.64. The van der Waals surface area contributed by atoms with Gasteiger partial charge in [0.1, 0.15) is 5.00 Å². The number of esters is 1. The van der Waals surface area contributed by atoms with Crippen LogP contribution in [0.4, 0.5) is 5.00 Å². The van der Waals surface area contributed by atoms with Gasteiger partial charge in [0.15, 0.2) is 0 Å². The highest BCUT2D eigenvalue weighted by Gasteiger charge is 2.49. The zero-order chi connectivity index (χ0) is 19.8. The maximum atomic E-state index is 13.0. The molecule has 4 atom stereocenters. The van der Waals surface area contributed by atoms with Crippen molar-refractivity contribution in [2.24, 2.45) is 23.7 Å². The zero-order valence-electron chi connectivity index (χ0n) is 15.9. The molecule has 0 spiro atoms. The monoisotopic (exact) mass is 402 g/mol. The fraction of sp³-hybridized carbons (Fsp3) is 0.571. The van der Waals surface area contributed by atoms with Crippen molar-refractivity contribution in [3.8, 4) is 0 Å². The van der Waals surface area contributed by atoms with Gasteiger partial charge in [-0.2, -0.15) is 0 Å². The van der Waals surface area contributed by atoms with Crippen molar-refractivity contribution in [3.63, 3.8) is 0 Å². The fourth-order valence-electron chi connectivity index (χ4n) is 5.02. The number of thiophene rings is 1. The number of allylic oxidation sites excluding steroid dienone is 2. The highest BCUT2D eigenvalue weighted by molar-refractivity contribution is 7.17. The molecule has 1 aromatic rings. The van der Waals surface area contributed by atoms with Gasteiger partial charge in [0.05, 0.1) is 18.6 Å². The highest BCUT2D eigenvalue weighted by atomic mass is 32.1. The lowest BCUT2D eigenvalue weighted by molar-refractivity contribution is -0.313. The molecule has 0 radical (unpaired) electrons. The van der Waals surface area contributed by atoms with Crippen molar-refractivity contribution in [2.45, 2.75) is 44.9 Å². The molecule has 1 N–H and O–H groups in total. The Morgan fingerprint density at radius 3 is 2.43 bits per heavy atom. The van der Waals surface area contributed by atoms with Crippen molar-refractivity contribution in [1.29, 1.82) is 0 Å². The molecule has 0 aromatic carbocycles. The summed E-state index contributed by atoms with van der Waals surface area (Å²) in [6.07, 6.45) is 10.5. The zero-order valence-corrected chi connectivity index (χ0v) is 16.7.